The van der Waals surface area contributed by atoms with E-state index in [0.717, 1.165) is 39.9 Å². The molecule has 1 atom stereocenters. The van der Waals surface area contributed by atoms with E-state index in [4.69, 9.17) is 21.1 Å². The molecule has 2 aliphatic rings. The second-order valence-electron chi connectivity index (χ2n) is 11.2. The molecular formula is C34H32ClNO3. The van der Waals surface area contributed by atoms with Crippen LogP contribution in [0.5, 0.6) is 11.5 Å². The SMILES string of the molecule is CCOc1cc([C@H]2Nc3ccc4ccccc4c3C3=C2C(=O)CC(C)(C)C3)ccc1OCc1ccc(Cl)cc1. The molecule has 0 amide bonds. The fraction of sp³-hybridized carbons (Fsp3) is 0.265. The quantitative estimate of drug-likeness (QED) is 0.267. The smallest absolute Gasteiger partial charge is 0.162 e. The number of nitrogens with one attached hydrogen (secondary N) is 1. The molecule has 0 radical (unpaired) electrons. The molecule has 0 bridgehead atoms. The average molecular weight is 538 g/mol. The van der Waals surface area contributed by atoms with Crippen molar-refractivity contribution in [2.75, 3.05) is 11.9 Å². The molecule has 1 N–H and O–H groups in total. The van der Waals surface area contributed by atoms with Crippen molar-refractivity contribution in [3.8, 4) is 11.5 Å². The summed E-state index contributed by atoms with van der Waals surface area (Å²) in [6.45, 7) is 7.26. The molecule has 0 spiro atoms. The van der Waals surface area contributed by atoms with Crippen molar-refractivity contribution in [1.82, 2.24) is 0 Å². The topological polar surface area (TPSA) is 47.6 Å². The first-order valence-corrected chi connectivity index (χ1v) is 13.9. The van der Waals surface area contributed by atoms with E-state index in [0.29, 0.717) is 36.2 Å². The van der Waals surface area contributed by atoms with Gasteiger partial charge in [-0.05, 0) is 76.6 Å². The maximum atomic E-state index is 13.8. The van der Waals surface area contributed by atoms with Crippen molar-refractivity contribution in [1.29, 1.82) is 0 Å². The molecule has 0 aromatic heterocycles. The average Bonchev–Trinajstić information content (AvgIpc) is 2.92. The Morgan fingerprint density at radius 3 is 2.51 bits per heavy atom. The van der Waals surface area contributed by atoms with Crippen LogP contribution in [-0.4, -0.2) is 12.4 Å². The third kappa shape index (κ3) is 4.90. The molecule has 0 unspecified atom stereocenters. The van der Waals surface area contributed by atoms with Gasteiger partial charge in [0.25, 0.3) is 0 Å². The molecule has 5 heteroatoms. The number of Topliss-reactive ketones (excluding diaryl/α,β-unsaturated/α-hetero) is 1. The highest BCUT2D eigenvalue weighted by atomic mass is 35.5. The summed E-state index contributed by atoms with van der Waals surface area (Å²) >= 11 is 6.03. The number of rotatable bonds is 6. The van der Waals surface area contributed by atoms with Crippen molar-refractivity contribution in [2.45, 2.75) is 46.3 Å². The summed E-state index contributed by atoms with van der Waals surface area (Å²) in [5.41, 5.74) is 6.16. The first kappa shape index (κ1) is 25.5. The zero-order valence-corrected chi connectivity index (χ0v) is 23.3. The Balaban J connectivity index is 1.42. The molecule has 0 fully saturated rings. The second-order valence-corrected chi connectivity index (χ2v) is 11.6. The van der Waals surface area contributed by atoms with Gasteiger partial charge in [0.1, 0.15) is 6.61 Å². The number of ether oxygens (including phenoxy) is 2. The van der Waals surface area contributed by atoms with E-state index in [-0.39, 0.29) is 17.2 Å². The van der Waals surface area contributed by atoms with E-state index in [1.165, 1.54) is 10.8 Å². The Bertz CT molecular complexity index is 1600. The lowest BCUT2D eigenvalue weighted by molar-refractivity contribution is -0.118. The summed E-state index contributed by atoms with van der Waals surface area (Å²) < 4.78 is 12.2. The van der Waals surface area contributed by atoms with Gasteiger partial charge in [0.2, 0.25) is 0 Å². The summed E-state index contributed by atoms with van der Waals surface area (Å²) in [5.74, 6) is 1.54. The molecule has 0 saturated carbocycles. The fourth-order valence-electron chi connectivity index (χ4n) is 5.92. The van der Waals surface area contributed by atoms with Gasteiger partial charge in [-0.3, -0.25) is 4.79 Å². The number of ketones is 1. The monoisotopic (exact) mass is 537 g/mol. The Hall–Kier alpha value is -3.76. The normalized spacial score (nSPS) is 17.8. The minimum Gasteiger partial charge on any atom is -0.490 e. The Morgan fingerprint density at radius 1 is 0.923 bits per heavy atom. The van der Waals surface area contributed by atoms with Gasteiger partial charge in [-0.2, -0.15) is 0 Å². The first-order chi connectivity index (χ1) is 18.8. The van der Waals surface area contributed by atoms with Gasteiger partial charge in [0.15, 0.2) is 17.3 Å². The van der Waals surface area contributed by atoms with E-state index < -0.39 is 0 Å². The Labute approximate surface area is 234 Å². The van der Waals surface area contributed by atoms with Crippen molar-refractivity contribution in [3.05, 3.63) is 106 Å². The van der Waals surface area contributed by atoms with Crippen LogP contribution >= 0.6 is 11.6 Å². The maximum absolute atomic E-state index is 13.8. The number of benzene rings is 4. The van der Waals surface area contributed by atoms with Crippen molar-refractivity contribution in [3.63, 3.8) is 0 Å². The maximum Gasteiger partial charge on any atom is 0.162 e. The predicted molar refractivity (Wildman–Crippen MR) is 159 cm³/mol. The zero-order valence-electron chi connectivity index (χ0n) is 22.5. The van der Waals surface area contributed by atoms with Gasteiger partial charge in [-0.15, -0.1) is 0 Å². The summed E-state index contributed by atoms with van der Waals surface area (Å²) in [4.78, 5) is 13.8. The molecule has 4 nitrogen and oxygen atoms in total. The van der Waals surface area contributed by atoms with Crippen LogP contribution in [0.1, 0.15) is 56.3 Å². The van der Waals surface area contributed by atoms with Crippen molar-refractivity contribution >= 4 is 39.4 Å². The third-order valence-corrected chi connectivity index (χ3v) is 7.90. The fourth-order valence-corrected chi connectivity index (χ4v) is 6.05. The van der Waals surface area contributed by atoms with Crippen LogP contribution in [0.25, 0.3) is 16.3 Å². The number of hydrogen-bond acceptors (Lipinski definition) is 4. The van der Waals surface area contributed by atoms with Crippen LogP contribution in [0, 0.1) is 5.41 Å². The van der Waals surface area contributed by atoms with Gasteiger partial charge in [-0.1, -0.05) is 74.0 Å². The van der Waals surface area contributed by atoms with Crippen molar-refractivity contribution in [2.24, 2.45) is 5.41 Å². The van der Waals surface area contributed by atoms with Crippen LogP contribution in [-0.2, 0) is 11.4 Å². The summed E-state index contributed by atoms with van der Waals surface area (Å²) in [6, 6.07) is 26.1. The summed E-state index contributed by atoms with van der Waals surface area (Å²) in [5, 5.41) is 6.78. The Morgan fingerprint density at radius 2 is 1.72 bits per heavy atom. The Kier molecular flexibility index (Phi) is 6.60. The molecule has 198 valence electrons. The van der Waals surface area contributed by atoms with Crippen LogP contribution in [0.3, 0.4) is 0 Å². The van der Waals surface area contributed by atoms with E-state index in [1.54, 1.807) is 0 Å². The van der Waals surface area contributed by atoms with Gasteiger partial charge in [0.05, 0.1) is 12.6 Å². The summed E-state index contributed by atoms with van der Waals surface area (Å²) in [7, 11) is 0. The molecule has 4 aromatic carbocycles. The molecule has 6 rings (SSSR count). The molecular weight excluding hydrogens is 506 g/mol. The lowest BCUT2D eigenvalue weighted by Gasteiger charge is -2.40. The number of hydrogen-bond donors (Lipinski definition) is 1. The van der Waals surface area contributed by atoms with Crippen LogP contribution in [0.4, 0.5) is 5.69 Å². The highest BCUT2D eigenvalue weighted by Crippen LogP contribution is 2.52. The summed E-state index contributed by atoms with van der Waals surface area (Å²) in [6.07, 6.45) is 1.39. The third-order valence-electron chi connectivity index (χ3n) is 7.65. The van der Waals surface area contributed by atoms with Gasteiger partial charge < -0.3 is 14.8 Å². The molecule has 4 aromatic rings. The number of halogens is 1. The molecule has 39 heavy (non-hydrogen) atoms. The van der Waals surface area contributed by atoms with E-state index in [2.05, 4.69) is 55.6 Å². The molecule has 1 aliphatic carbocycles. The minimum absolute atomic E-state index is 0.0954. The standard InChI is InChI=1S/C34H32ClNO3/c1-4-38-30-17-23(12-16-29(30)39-20-21-9-13-24(35)14-10-21)33-32-26(18-34(2,3)19-28(32)37)31-25-8-6-5-7-22(25)11-15-27(31)36-33/h5-17,33,36H,4,18-20H2,1-3H3/t33-/m1/s1. The van der Waals surface area contributed by atoms with Gasteiger partial charge in [-0.25, -0.2) is 0 Å². The number of carbonyl (C=O) groups excluding carboxylic acids is 1. The highest BCUT2D eigenvalue weighted by molar-refractivity contribution is 6.30. The van der Waals surface area contributed by atoms with E-state index in [9.17, 15) is 4.79 Å². The van der Waals surface area contributed by atoms with Gasteiger partial charge in [0, 0.05) is 28.3 Å². The molecule has 1 heterocycles. The van der Waals surface area contributed by atoms with Crippen LogP contribution in [0.2, 0.25) is 5.02 Å². The van der Waals surface area contributed by atoms with Crippen molar-refractivity contribution < 1.29 is 14.3 Å². The molecule has 0 saturated heterocycles. The number of allylic oxidation sites excluding steroid dienone is 1. The zero-order chi connectivity index (χ0) is 27.1. The first-order valence-electron chi connectivity index (χ1n) is 13.5. The van der Waals surface area contributed by atoms with Crippen LogP contribution < -0.4 is 14.8 Å². The second kappa shape index (κ2) is 10.1. The molecule has 1 aliphatic heterocycles. The number of carbonyl (C=O) groups is 1. The van der Waals surface area contributed by atoms with E-state index in [1.807, 2.05) is 49.4 Å². The largest absolute Gasteiger partial charge is 0.490 e. The minimum atomic E-state index is -0.262. The van der Waals surface area contributed by atoms with Crippen LogP contribution in [0.15, 0.2) is 84.4 Å². The predicted octanol–water partition coefficient (Wildman–Crippen LogP) is 8.78. The van der Waals surface area contributed by atoms with E-state index >= 15 is 0 Å². The lowest BCUT2D eigenvalue weighted by atomic mass is 9.68. The van der Waals surface area contributed by atoms with Gasteiger partial charge >= 0.3 is 0 Å². The highest BCUT2D eigenvalue weighted by Gasteiger charge is 2.41. The number of anilines is 1. The lowest BCUT2D eigenvalue weighted by Crippen LogP contribution is -2.33. The number of fused-ring (bicyclic) bond motifs is 4.